The summed E-state index contributed by atoms with van der Waals surface area (Å²) >= 11 is 1.68. The third-order valence-electron chi connectivity index (χ3n) is 4.42. The second-order valence-corrected chi connectivity index (χ2v) is 7.31. The smallest absolute Gasteiger partial charge is 0.303 e. The van der Waals surface area contributed by atoms with Crippen LogP contribution in [0.4, 0.5) is 0 Å². The largest absolute Gasteiger partial charge is 0.481 e. The number of carbonyl (C=O) groups is 1. The van der Waals surface area contributed by atoms with E-state index in [0.29, 0.717) is 6.42 Å². The van der Waals surface area contributed by atoms with Crippen molar-refractivity contribution in [3.63, 3.8) is 0 Å². The van der Waals surface area contributed by atoms with E-state index in [4.69, 9.17) is 5.11 Å². The van der Waals surface area contributed by atoms with Gasteiger partial charge in [0.25, 0.3) is 0 Å². The molecule has 0 atom stereocenters. The molecule has 2 N–H and O–H groups in total. The van der Waals surface area contributed by atoms with Crippen LogP contribution in [-0.4, -0.2) is 35.2 Å². The molecule has 0 aromatic carbocycles. The Morgan fingerprint density at radius 2 is 1.48 bits per heavy atom. The molecule has 4 heteroatoms. The molecule has 0 radical (unpaired) electrons. The molecule has 0 saturated heterocycles. The molecule has 2 aliphatic rings. The summed E-state index contributed by atoms with van der Waals surface area (Å²) in [6, 6.07) is 1.74. The van der Waals surface area contributed by atoms with Gasteiger partial charge >= 0.3 is 5.97 Å². The second-order valence-electron chi connectivity index (χ2n) is 6.33. The fraction of sp³-hybridized carbons (Fsp3) is 0.941. The van der Waals surface area contributed by atoms with Gasteiger partial charge in [-0.3, -0.25) is 4.79 Å². The number of rotatable bonds is 6. The van der Waals surface area contributed by atoms with Gasteiger partial charge in [-0.15, -0.1) is 0 Å². The van der Waals surface area contributed by atoms with Crippen molar-refractivity contribution in [1.29, 1.82) is 0 Å². The molecule has 2 aliphatic carbocycles. The highest BCUT2D eigenvalue weighted by Gasteiger charge is 2.19. The van der Waals surface area contributed by atoms with E-state index in [2.05, 4.69) is 5.32 Å². The minimum Gasteiger partial charge on any atom is -0.481 e. The van der Waals surface area contributed by atoms with Gasteiger partial charge in [-0.25, -0.2) is 0 Å². The first kappa shape index (κ1) is 18.8. The molecule has 3 nitrogen and oxygen atoms in total. The molecule has 0 unspecified atom stereocenters. The van der Waals surface area contributed by atoms with Crippen LogP contribution >= 0.6 is 11.8 Å². The lowest BCUT2D eigenvalue weighted by Gasteiger charge is -2.30. The molecular weight excluding hydrogens is 282 g/mol. The van der Waals surface area contributed by atoms with Crippen molar-refractivity contribution < 1.29 is 9.90 Å². The van der Waals surface area contributed by atoms with E-state index in [-0.39, 0.29) is 0 Å². The van der Waals surface area contributed by atoms with Crippen LogP contribution in [0.1, 0.15) is 77.0 Å². The lowest BCUT2D eigenvalue weighted by molar-refractivity contribution is -0.137. The van der Waals surface area contributed by atoms with Gasteiger partial charge in [0, 0.05) is 18.5 Å². The van der Waals surface area contributed by atoms with Crippen molar-refractivity contribution in [3.8, 4) is 0 Å². The predicted octanol–water partition coefficient (Wildman–Crippen LogP) is 4.46. The first-order valence-electron chi connectivity index (χ1n) is 8.69. The first-order valence-corrected chi connectivity index (χ1v) is 10.1. The van der Waals surface area contributed by atoms with Crippen LogP contribution in [0.5, 0.6) is 0 Å². The highest BCUT2D eigenvalue weighted by molar-refractivity contribution is 7.98. The van der Waals surface area contributed by atoms with Crippen LogP contribution < -0.4 is 5.32 Å². The summed E-state index contributed by atoms with van der Waals surface area (Å²) in [6.45, 7) is 0. The average Bonchev–Trinajstić information content (AvgIpc) is 2.50. The highest BCUT2D eigenvalue weighted by Crippen LogP contribution is 2.22. The van der Waals surface area contributed by atoms with E-state index in [1.807, 2.05) is 6.26 Å². The molecule has 0 bridgehead atoms. The number of hydrogen-bond acceptors (Lipinski definition) is 3. The summed E-state index contributed by atoms with van der Waals surface area (Å²) in [5.74, 6) is 0.255. The molecular formula is C17H33NO2S. The lowest BCUT2D eigenvalue weighted by Crippen LogP contribution is -2.40. The van der Waals surface area contributed by atoms with E-state index >= 15 is 0 Å². The fourth-order valence-electron chi connectivity index (χ4n) is 3.24. The van der Waals surface area contributed by atoms with Crippen molar-refractivity contribution in [2.75, 3.05) is 12.0 Å². The second kappa shape index (κ2) is 12.3. The summed E-state index contributed by atoms with van der Waals surface area (Å²) in [5.41, 5.74) is 0. The first-order chi connectivity index (χ1) is 10.2. The number of carboxylic acid groups (broad SMARTS) is 1. The quantitative estimate of drug-likeness (QED) is 0.711. The van der Waals surface area contributed by atoms with Crippen LogP contribution in [0.25, 0.3) is 0 Å². The van der Waals surface area contributed by atoms with Crippen molar-refractivity contribution >= 4 is 17.7 Å². The van der Waals surface area contributed by atoms with Crippen LogP contribution in [0.15, 0.2) is 0 Å². The van der Waals surface area contributed by atoms with Crippen LogP contribution in [0.2, 0.25) is 0 Å². The van der Waals surface area contributed by atoms with Gasteiger partial charge in [0.1, 0.15) is 0 Å². The molecule has 0 aliphatic heterocycles. The molecule has 0 amide bonds. The maximum Gasteiger partial charge on any atom is 0.303 e. The van der Waals surface area contributed by atoms with Crippen LogP contribution in [0.3, 0.4) is 0 Å². The fourth-order valence-corrected chi connectivity index (χ4v) is 3.67. The SMILES string of the molecule is C1CCC(NC2CCCCC2)CC1.CSCCCC(=O)O. The van der Waals surface area contributed by atoms with Gasteiger partial charge in [-0.05, 0) is 44.1 Å². The Morgan fingerprint density at radius 3 is 1.86 bits per heavy atom. The maximum atomic E-state index is 9.86. The zero-order valence-electron chi connectivity index (χ0n) is 13.6. The average molecular weight is 316 g/mol. The molecule has 0 aromatic heterocycles. The number of thioether (sulfide) groups is 1. The van der Waals surface area contributed by atoms with Gasteiger partial charge in [-0.1, -0.05) is 38.5 Å². The van der Waals surface area contributed by atoms with Gasteiger partial charge in [0.05, 0.1) is 0 Å². The lowest BCUT2D eigenvalue weighted by atomic mass is 9.91. The minimum absolute atomic E-state index is 0.306. The number of carboxylic acids is 1. The Morgan fingerprint density at radius 1 is 1.00 bits per heavy atom. The zero-order valence-corrected chi connectivity index (χ0v) is 14.4. The van der Waals surface area contributed by atoms with E-state index in [1.165, 1.54) is 64.2 Å². The molecule has 2 fully saturated rings. The monoisotopic (exact) mass is 315 g/mol. The topological polar surface area (TPSA) is 49.3 Å². The van der Waals surface area contributed by atoms with E-state index < -0.39 is 5.97 Å². The van der Waals surface area contributed by atoms with Gasteiger partial charge in [0.2, 0.25) is 0 Å². The molecule has 21 heavy (non-hydrogen) atoms. The summed E-state index contributed by atoms with van der Waals surface area (Å²) in [6.07, 6.45) is 17.6. The van der Waals surface area contributed by atoms with Crippen molar-refractivity contribution in [1.82, 2.24) is 5.32 Å². The third-order valence-corrected chi connectivity index (χ3v) is 5.12. The maximum absolute atomic E-state index is 9.86. The van der Waals surface area contributed by atoms with Crippen LogP contribution in [0, 0.1) is 0 Å². The Bertz CT molecular complexity index is 246. The van der Waals surface area contributed by atoms with Gasteiger partial charge < -0.3 is 10.4 Å². The molecule has 2 rings (SSSR count). The Kier molecular flexibility index (Phi) is 11.1. The highest BCUT2D eigenvalue weighted by atomic mass is 32.2. The van der Waals surface area contributed by atoms with E-state index in [9.17, 15) is 4.79 Å². The summed E-state index contributed by atoms with van der Waals surface area (Å²) < 4.78 is 0. The van der Waals surface area contributed by atoms with Crippen LogP contribution in [-0.2, 0) is 4.79 Å². The summed E-state index contributed by atoms with van der Waals surface area (Å²) in [4.78, 5) is 9.86. The van der Waals surface area contributed by atoms with E-state index in [0.717, 1.165) is 24.3 Å². The van der Waals surface area contributed by atoms with Gasteiger partial charge in [0.15, 0.2) is 0 Å². The molecule has 0 spiro atoms. The Hall–Kier alpha value is -0.220. The Labute approximate surface area is 134 Å². The van der Waals surface area contributed by atoms with Crippen molar-refractivity contribution in [3.05, 3.63) is 0 Å². The van der Waals surface area contributed by atoms with Gasteiger partial charge in [-0.2, -0.15) is 11.8 Å². The number of nitrogens with one attached hydrogen (secondary N) is 1. The molecule has 124 valence electrons. The van der Waals surface area contributed by atoms with E-state index in [1.54, 1.807) is 11.8 Å². The molecule has 0 heterocycles. The third kappa shape index (κ3) is 10.2. The summed E-state index contributed by atoms with van der Waals surface area (Å²) in [7, 11) is 0. The summed E-state index contributed by atoms with van der Waals surface area (Å²) in [5, 5.41) is 12.0. The number of hydrogen-bond donors (Lipinski definition) is 2. The molecule has 2 saturated carbocycles. The molecule has 0 aromatic rings. The normalized spacial score (nSPS) is 20.6. The van der Waals surface area contributed by atoms with Crippen molar-refractivity contribution in [2.45, 2.75) is 89.1 Å². The zero-order chi connectivity index (χ0) is 15.3. The Balaban J connectivity index is 0.000000240. The standard InChI is InChI=1S/C12H23N.C5H10O2S/c1-3-7-11(8-4-1)13-12-9-5-2-6-10-12;1-8-4-2-3-5(6)7/h11-13H,1-10H2;2-4H2,1H3,(H,6,7). The van der Waals surface area contributed by atoms with Crippen molar-refractivity contribution in [2.24, 2.45) is 0 Å². The predicted molar refractivity (Wildman–Crippen MR) is 92.1 cm³/mol. The number of aliphatic carboxylic acids is 1. The minimum atomic E-state index is -0.695.